The number of hydrogen-bond acceptors (Lipinski definition) is 5. The number of nitrogens with one attached hydrogen (secondary N) is 1. The fourth-order valence-corrected chi connectivity index (χ4v) is 3.79. The van der Waals surface area contributed by atoms with Crippen LogP contribution in [0.3, 0.4) is 0 Å². The van der Waals surface area contributed by atoms with Gasteiger partial charge in [-0.25, -0.2) is 0 Å². The lowest BCUT2D eigenvalue weighted by atomic mass is 9.83. The largest absolute Gasteiger partial charge is 0.494 e. The summed E-state index contributed by atoms with van der Waals surface area (Å²) in [5, 5.41) is 14.4. The van der Waals surface area contributed by atoms with E-state index in [1.165, 1.54) is 16.7 Å². The van der Waals surface area contributed by atoms with Crippen molar-refractivity contribution < 1.29 is 4.74 Å². The van der Waals surface area contributed by atoms with E-state index in [2.05, 4.69) is 63.6 Å². The Labute approximate surface area is 154 Å². The number of rotatable bonds is 7. The number of ether oxygens (including phenoxy) is 1. The Morgan fingerprint density at radius 3 is 2.96 bits per heavy atom. The minimum Gasteiger partial charge on any atom is -0.494 e. The lowest BCUT2D eigenvalue weighted by Gasteiger charge is -2.39. The summed E-state index contributed by atoms with van der Waals surface area (Å²) in [7, 11) is 0. The minimum atomic E-state index is 0.420. The molecule has 1 fully saturated rings. The van der Waals surface area contributed by atoms with Crippen molar-refractivity contribution in [2.45, 2.75) is 39.0 Å². The second-order valence-corrected chi connectivity index (χ2v) is 7.55. The lowest BCUT2D eigenvalue weighted by molar-refractivity contribution is 0.154. The maximum Gasteiger partial charge on any atom is 0.180 e. The van der Waals surface area contributed by atoms with Gasteiger partial charge in [0, 0.05) is 25.6 Å². The van der Waals surface area contributed by atoms with Crippen molar-refractivity contribution in [1.29, 1.82) is 0 Å². The summed E-state index contributed by atoms with van der Waals surface area (Å²) < 4.78 is 5.86. The van der Waals surface area contributed by atoms with Crippen LogP contribution in [0.5, 0.6) is 5.75 Å². The molecule has 6 heteroatoms. The van der Waals surface area contributed by atoms with E-state index in [0.29, 0.717) is 11.8 Å². The number of aromatic nitrogens is 4. The molecule has 0 radical (unpaired) electrons. The van der Waals surface area contributed by atoms with E-state index in [9.17, 15) is 0 Å². The summed E-state index contributed by atoms with van der Waals surface area (Å²) in [6.07, 6.45) is 5.74. The highest BCUT2D eigenvalue weighted by molar-refractivity contribution is 5.62. The zero-order valence-electron chi connectivity index (χ0n) is 15.6. The van der Waals surface area contributed by atoms with Crippen LogP contribution >= 0.6 is 0 Å². The molecule has 2 aliphatic rings. The first-order valence-corrected chi connectivity index (χ1v) is 9.64. The molecule has 138 valence electrons. The van der Waals surface area contributed by atoms with Crippen LogP contribution in [-0.2, 0) is 6.42 Å². The van der Waals surface area contributed by atoms with Gasteiger partial charge in [0.05, 0.1) is 6.61 Å². The minimum absolute atomic E-state index is 0.420. The molecule has 4 rings (SSSR count). The molecule has 1 aliphatic heterocycles. The number of tetrazole rings is 1. The summed E-state index contributed by atoms with van der Waals surface area (Å²) >= 11 is 0. The van der Waals surface area contributed by atoms with Gasteiger partial charge < -0.3 is 4.74 Å². The lowest BCUT2D eigenvalue weighted by Crippen LogP contribution is -2.46. The summed E-state index contributed by atoms with van der Waals surface area (Å²) in [6.45, 7) is 8.38. The highest BCUT2D eigenvalue weighted by Crippen LogP contribution is 2.33. The van der Waals surface area contributed by atoms with E-state index in [-0.39, 0.29) is 0 Å². The van der Waals surface area contributed by atoms with Crippen LogP contribution in [0.15, 0.2) is 23.8 Å². The van der Waals surface area contributed by atoms with Crippen molar-refractivity contribution in [3.63, 3.8) is 0 Å². The van der Waals surface area contributed by atoms with Gasteiger partial charge in [-0.1, -0.05) is 43.2 Å². The van der Waals surface area contributed by atoms with Gasteiger partial charge in [-0.3, -0.25) is 4.90 Å². The number of likely N-dealkylation sites (tertiary alicyclic amines) is 1. The Bertz CT molecular complexity index is 765. The predicted molar refractivity (Wildman–Crippen MR) is 101 cm³/mol. The molecule has 26 heavy (non-hydrogen) atoms. The van der Waals surface area contributed by atoms with Gasteiger partial charge >= 0.3 is 0 Å². The number of H-pyrrole nitrogens is 1. The van der Waals surface area contributed by atoms with Crippen LogP contribution in [0.25, 0.3) is 6.08 Å². The SMILES string of the molecule is CCCCOc1ccc2c(c1)C[C@@H](C)C(CN1CC(c3nn[nH]n3)C1)=C2. The fraction of sp³-hybridized carbons (Fsp3) is 0.550. The average Bonchev–Trinajstić information content (AvgIpc) is 3.12. The van der Waals surface area contributed by atoms with Crippen LogP contribution in [0.2, 0.25) is 0 Å². The van der Waals surface area contributed by atoms with E-state index in [1.54, 1.807) is 0 Å². The first-order chi connectivity index (χ1) is 12.7. The Kier molecular flexibility index (Phi) is 5.02. The first kappa shape index (κ1) is 17.2. The van der Waals surface area contributed by atoms with E-state index in [0.717, 1.165) is 57.1 Å². The standard InChI is InChI=1S/C20H27N5O/c1-3-4-7-26-19-6-5-15-9-17(14(2)8-16(15)10-19)11-25-12-18(13-25)20-21-23-24-22-20/h5-6,9-10,14,18H,3-4,7-8,11-13H2,1-2H3,(H,21,22,23,24)/t14-/m1/s1. The molecule has 2 aromatic rings. The van der Waals surface area contributed by atoms with Crippen molar-refractivity contribution in [3.05, 3.63) is 40.7 Å². The van der Waals surface area contributed by atoms with Gasteiger partial charge in [0.2, 0.25) is 0 Å². The fourth-order valence-electron chi connectivity index (χ4n) is 3.79. The zero-order valence-corrected chi connectivity index (χ0v) is 15.6. The van der Waals surface area contributed by atoms with E-state index < -0.39 is 0 Å². The molecule has 6 nitrogen and oxygen atoms in total. The third kappa shape index (κ3) is 3.65. The second kappa shape index (κ2) is 7.58. The molecular formula is C20H27N5O. The topological polar surface area (TPSA) is 66.9 Å². The predicted octanol–water partition coefficient (Wildman–Crippen LogP) is 3.05. The third-order valence-corrected chi connectivity index (χ3v) is 5.47. The highest BCUT2D eigenvalue weighted by atomic mass is 16.5. The maximum atomic E-state index is 5.86. The van der Waals surface area contributed by atoms with Gasteiger partial charge in [0.1, 0.15) is 5.75 Å². The molecule has 0 saturated carbocycles. The van der Waals surface area contributed by atoms with E-state index in [1.807, 2.05) is 0 Å². The number of benzene rings is 1. The summed E-state index contributed by atoms with van der Waals surface area (Å²) in [6, 6.07) is 6.54. The molecule has 1 aromatic heterocycles. The van der Waals surface area contributed by atoms with Crippen molar-refractivity contribution in [2.24, 2.45) is 5.92 Å². The quantitative estimate of drug-likeness (QED) is 0.775. The normalized spacial score (nSPS) is 20.4. The molecule has 1 aliphatic carbocycles. The zero-order chi connectivity index (χ0) is 17.9. The van der Waals surface area contributed by atoms with Crippen LogP contribution in [-0.4, -0.2) is 51.8 Å². The molecule has 2 heterocycles. The number of unbranched alkanes of at least 4 members (excludes halogenated alkanes) is 1. The molecule has 0 unspecified atom stereocenters. The average molecular weight is 353 g/mol. The van der Waals surface area contributed by atoms with E-state index in [4.69, 9.17) is 4.74 Å². The summed E-state index contributed by atoms with van der Waals surface area (Å²) in [4.78, 5) is 2.47. The molecule has 0 bridgehead atoms. The van der Waals surface area contributed by atoms with Gasteiger partial charge in [0.25, 0.3) is 0 Å². The Morgan fingerprint density at radius 1 is 1.31 bits per heavy atom. The van der Waals surface area contributed by atoms with Crippen molar-refractivity contribution in [3.8, 4) is 5.75 Å². The number of nitrogens with zero attached hydrogens (tertiary/aromatic N) is 4. The van der Waals surface area contributed by atoms with Crippen molar-refractivity contribution in [2.75, 3.05) is 26.2 Å². The Hall–Kier alpha value is -2.21. The molecule has 1 aromatic carbocycles. The van der Waals surface area contributed by atoms with Crippen LogP contribution in [0.4, 0.5) is 0 Å². The van der Waals surface area contributed by atoms with E-state index >= 15 is 0 Å². The van der Waals surface area contributed by atoms with Crippen LogP contribution in [0.1, 0.15) is 49.6 Å². The van der Waals surface area contributed by atoms with Crippen LogP contribution < -0.4 is 4.74 Å². The Balaban J connectivity index is 1.38. The summed E-state index contributed by atoms with van der Waals surface area (Å²) in [5.74, 6) is 2.83. The molecular weight excluding hydrogens is 326 g/mol. The van der Waals surface area contributed by atoms with Crippen molar-refractivity contribution >= 4 is 6.08 Å². The molecule has 0 amide bonds. The first-order valence-electron chi connectivity index (χ1n) is 9.64. The molecule has 1 saturated heterocycles. The third-order valence-electron chi connectivity index (χ3n) is 5.47. The van der Waals surface area contributed by atoms with Gasteiger partial charge in [-0.15, -0.1) is 10.2 Å². The molecule has 1 atom stereocenters. The number of hydrogen-bond donors (Lipinski definition) is 1. The monoisotopic (exact) mass is 353 g/mol. The highest BCUT2D eigenvalue weighted by Gasteiger charge is 2.32. The Morgan fingerprint density at radius 2 is 2.19 bits per heavy atom. The van der Waals surface area contributed by atoms with Crippen molar-refractivity contribution in [1.82, 2.24) is 25.5 Å². The molecule has 0 spiro atoms. The van der Waals surface area contributed by atoms with Crippen LogP contribution in [0, 0.1) is 5.92 Å². The van der Waals surface area contributed by atoms with Gasteiger partial charge in [0.15, 0.2) is 5.82 Å². The number of fused-ring (bicyclic) bond motifs is 1. The van der Waals surface area contributed by atoms with Gasteiger partial charge in [-0.05, 0) is 42.0 Å². The smallest absolute Gasteiger partial charge is 0.180 e. The molecule has 1 N–H and O–H groups in total. The number of aromatic amines is 1. The summed E-state index contributed by atoms with van der Waals surface area (Å²) in [5.41, 5.74) is 4.27. The maximum absolute atomic E-state index is 5.86. The second-order valence-electron chi connectivity index (χ2n) is 7.55. The van der Waals surface area contributed by atoms with Gasteiger partial charge in [-0.2, -0.15) is 5.21 Å².